The summed E-state index contributed by atoms with van der Waals surface area (Å²) in [6, 6.07) is 12.8. The standard InChI is InChI=1S/C25H28F2N4O2/c1-24(2,3)20(25(23(28)32)12-7-13-33-25)22-29-21(18-14-17(26)10-11-19(18)27)30-31(22)15-16-8-5-4-6-9-16/h4-6,8-11,14,20H,7,12-13,15H2,1-3H3,(H2,28,32)/t20-,25?/m0/s1. The molecule has 1 aromatic heterocycles. The number of hydrogen-bond donors (Lipinski definition) is 1. The first-order chi connectivity index (χ1) is 15.6. The fourth-order valence-corrected chi connectivity index (χ4v) is 4.74. The van der Waals surface area contributed by atoms with Crippen molar-refractivity contribution in [3.8, 4) is 11.4 Å². The van der Waals surface area contributed by atoms with Crippen molar-refractivity contribution < 1.29 is 18.3 Å². The van der Waals surface area contributed by atoms with Gasteiger partial charge >= 0.3 is 0 Å². The maximum absolute atomic E-state index is 14.6. The van der Waals surface area contributed by atoms with Gasteiger partial charge in [0.1, 0.15) is 17.5 Å². The Bertz CT molecular complexity index is 1150. The monoisotopic (exact) mass is 454 g/mol. The van der Waals surface area contributed by atoms with Gasteiger partial charge in [0.25, 0.3) is 0 Å². The van der Waals surface area contributed by atoms with Gasteiger partial charge in [-0.15, -0.1) is 0 Å². The Morgan fingerprint density at radius 3 is 2.55 bits per heavy atom. The third-order valence-corrected chi connectivity index (χ3v) is 6.10. The average Bonchev–Trinajstić information content (AvgIpc) is 3.39. The van der Waals surface area contributed by atoms with E-state index in [-0.39, 0.29) is 11.4 Å². The van der Waals surface area contributed by atoms with Gasteiger partial charge in [0.05, 0.1) is 18.0 Å². The lowest BCUT2D eigenvalue weighted by molar-refractivity contribution is -0.145. The van der Waals surface area contributed by atoms with E-state index in [9.17, 15) is 13.6 Å². The summed E-state index contributed by atoms with van der Waals surface area (Å²) in [7, 11) is 0. The molecule has 2 N–H and O–H groups in total. The molecule has 1 saturated heterocycles. The van der Waals surface area contributed by atoms with E-state index in [1.165, 1.54) is 0 Å². The topological polar surface area (TPSA) is 83.0 Å². The number of nitrogens with two attached hydrogens (primary N) is 1. The zero-order valence-corrected chi connectivity index (χ0v) is 19.0. The van der Waals surface area contributed by atoms with Gasteiger partial charge in [0, 0.05) is 6.61 Å². The zero-order chi connectivity index (χ0) is 23.8. The highest BCUT2D eigenvalue weighted by atomic mass is 19.1. The fraction of sp³-hybridized carbons (Fsp3) is 0.400. The molecular formula is C25H28F2N4O2. The Kier molecular flexibility index (Phi) is 6.05. The van der Waals surface area contributed by atoms with Crippen LogP contribution in [0.4, 0.5) is 8.78 Å². The van der Waals surface area contributed by atoms with Crippen molar-refractivity contribution in [2.24, 2.45) is 11.1 Å². The molecule has 8 heteroatoms. The summed E-state index contributed by atoms with van der Waals surface area (Å²) in [5.74, 6) is -1.85. The van der Waals surface area contributed by atoms with Crippen LogP contribution in [-0.4, -0.2) is 32.9 Å². The second-order valence-electron chi connectivity index (χ2n) is 9.57. The van der Waals surface area contributed by atoms with Gasteiger partial charge in [-0.3, -0.25) is 4.79 Å². The molecule has 4 rings (SSSR count). The van der Waals surface area contributed by atoms with E-state index in [2.05, 4.69) is 10.1 Å². The first kappa shape index (κ1) is 23.0. The summed E-state index contributed by atoms with van der Waals surface area (Å²) >= 11 is 0. The van der Waals surface area contributed by atoms with E-state index < -0.39 is 34.5 Å². The molecule has 6 nitrogen and oxygen atoms in total. The highest BCUT2D eigenvalue weighted by molar-refractivity contribution is 5.85. The number of carbonyl (C=O) groups excluding carboxylic acids is 1. The van der Waals surface area contributed by atoms with Crippen molar-refractivity contribution in [1.29, 1.82) is 0 Å². The van der Waals surface area contributed by atoms with Crippen molar-refractivity contribution in [2.45, 2.75) is 51.7 Å². The molecule has 0 radical (unpaired) electrons. The Morgan fingerprint density at radius 1 is 1.21 bits per heavy atom. The van der Waals surface area contributed by atoms with Crippen LogP contribution in [0, 0.1) is 17.0 Å². The van der Waals surface area contributed by atoms with Crippen LogP contribution >= 0.6 is 0 Å². The minimum absolute atomic E-state index is 0.0452. The maximum atomic E-state index is 14.6. The van der Waals surface area contributed by atoms with E-state index in [0.29, 0.717) is 31.8 Å². The molecule has 2 heterocycles. The predicted octanol–water partition coefficient (Wildman–Crippen LogP) is 4.44. The Hall–Kier alpha value is -3.13. The third-order valence-electron chi connectivity index (χ3n) is 6.10. The second kappa shape index (κ2) is 8.67. The minimum Gasteiger partial charge on any atom is -0.367 e. The number of ether oxygens (including phenoxy) is 1. The van der Waals surface area contributed by atoms with E-state index in [4.69, 9.17) is 10.5 Å². The number of aromatic nitrogens is 3. The molecule has 1 fully saturated rings. The summed E-state index contributed by atoms with van der Waals surface area (Å²) in [6.07, 6.45) is 1.14. The number of carbonyl (C=O) groups is 1. The quantitative estimate of drug-likeness (QED) is 0.597. The maximum Gasteiger partial charge on any atom is 0.250 e. The predicted molar refractivity (Wildman–Crippen MR) is 120 cm³/mol. The van der Waals surface area contributed by atoms with Crippen LogP contribution in [0.15, 0.2) is 48.5 Å². The van der Waals surface area contributed by atoms with Crippen molar-refractivity contribution in [3.05, 3.63) is 71.6 Å². The van der Waals surface area contributed by atoms with Gasteiger partial charge in [0.15, 0.2) is 11.4 Å². The number of hydrogen-bond acceptors (Lipinski definition) is 4. The SMILES string of the molecule is CC(C)(C)[C@H](c1nc(-c2cc(F)ccc2F)nn1Cc1ccccc1)C1(C(N)=O)CCCO1. The summed E-state index contributed by atoms with van der Waals surface area (Å²) < 4.78 is 36.2. The lowest BCUT2D eigenvalue weighted by Crippen LogP contribution is -2.53. The smallest absolute Gasteiger partial charge is 0.250 e. The Balaban J connectivity index is 1.93. The van der Waals surface area contributed by atoms with Crippen molar-refractivity contribution in [1.82, 2.24) is 14.8 Å². The molecule has 0 aliphatic carbocycles. The van der Waals surface area contributed by atoms with Crippen LogP contribution in [0.1, 0.15) is 50.9 Å². The fourth-order valence-electron chi connectivity index (χ4n) is 4.74. The third kappa shape index (κ3) is 4.39. The molecule has 174 valence electrons. The van der Waals surface area contributed by atoms with E-state index in [0.717, 1.165) is 23.8 Å². The molecule has 3 aromatic rings. The van der Waals surface area contributed by atoms with Crippen LogP contribution in [0.25, 0.3) is 11.4 Å². The van der Waals surface area contributed by atoms with Gasteiger partial charge in [-0.1, -0.05) is 51.1 Å². The van der Waals surface area contributed by atoms with Gasteiger partial charge in [-0.05, 0) is 42.0 Å². The van der Waals surface area contributed by atoms with Crippen LogP contribution in [0.2, 0.25) is 0 Å². The van der Waals surface area contributed by atoms with Crippen LogP contribution in [0.5, 0.6) is 0 Å². The molecule has 0 spiro atoms. The highest BCUT2D eigenvalue weighted by Gasteiger charge is 2.55. The van der Waals surface area contributed by atoms with Gasteiger partial charge in [-0.2, -0.15) is 5.10 Å². The number of benzene rings is 2. The van der Waals surface area contributed by atoms with Crippen LogP contribution in [0.3, 0.4) is 0 Å². The largest absolute Gasteiger partial charge is 0.367 e. The summed E-state index contributed by atoms with van der Waals surface area (Å²) in [5.41, 5.74) is 5.04. The molecule has 2 atom stereocenters. The highest BCUT2D eigenvalue weighted by Crippen LogP contribution is 2.49. The Morgan fingerprint density at radius 2 is 1.94 bits per heavy atom. The second-order valence-corrected chi connectivity index (χ2v) is 9.57. The Labute approximate surface area is 191 Å². The van der Waals surface area contributed by atoms with Crippen LogP contribution in [-0.2, 0) is 16.1 Å². The van der Waals surface area contributed by atoms with Crippen molar-refractivity contribution >= 4 is 5.91 Å². The molecular weight excluding hydrogens is 426 g/mol. The summed E-state index contributed by atoms with van der Waals surface area (Å²) in [6.45, 7) is 6.69. The summed E-state index contributed by atoms with van der Waals surface area (Å²) in [5, 5.41) is 4.57. The summed E-state index contributed by atoms with van der Waals surface area (Å²) in [4.78, 5) is 17.4. The lowest BCUT2D eigenvalue weighted by atomic mass is 9.68. The molecule has 0 bridgehead atoms. The minimum atomic E-state index is -1.27. The van der Waals surface area contributed by atoms with Crippen molar-refractivity contribution in [3.63, 3.8) is 0 Å². The molecule has 1 aliphatic heterocycles. The number of amides is 1. The zero-order valence-electron chi connectivity index (χ0n) is 19.0. The van der Waals surface area contributed by atoms with Crippen molar-refractivity contribution in [2.75, 3.05) is 6.61 Å². The molecule has 1 aliphatic rings. The van der Waals surface area contributed by atoms with Gasteiger partial charge in [0.2, 0.25) is 5.91 Å². The molecule has 33 heavy (non-hydrogen) atoms. The molecule has 0 saturated carbocycles. The normalized spacial score (nSPS) is 19.5. The van der Waals surface area contributed by atoms with Gasteiger partial charge in [-0.25, -0.2) is 18.4 Å². The molecule has 1 amide bonds. The number of rotatable bonds is 6. The number of halogens is 2. The molecule has 1 unspecified atom stereocenters. The first-order valence-electron chi connectivity index (χ1n) is 11.0. The van der Waals surface area contributed by atoms with E-state index >= 15 is 0 Å². The van der Waals surface area contributed by atoms with E-state index in [1.807, 2.05) is 51.1 Å². The van der Waals surface area contributed by atoms with Gasteiger partial charge < -0.3 is 10.5 Å². The van der Waals surface area contributed by atoms with E-state index in [1.54, 1.807) is 4.68 Å². The number of primary amides is 1. The lowest BCUT2D eigenvalue weighted by Gasteiger charge is -2.41. The number of nitrogens with zero attached hydrogens (tertiary/aromatic N) is 3. The van der Waals surface area contributed by atoms with Crippen LogP contribution < -0.4 is 5.73 Å². The average molecular weight is 455 g/mol. The molecule has 2 aromatic carbocycles. The first-order valence-corrected chi connectivity index (χ1v) is 11.0.